The molecule has 0 aliphatic carbocycles. The van der Waals surface area contributed by atoms with E-state index in [0.717, 1.165) is 11.3 Å². The fraction of sp³-hybridized carbons (Fsp3) is 0.273. The SMILES string of the molecule is CC(C)C1=NNC(=O)C1=Cc1cc[nH]c1. The van der Waals surface area contributed by atoms with E-state index < -0.39 is 0 Å². The third kappa shape index (κ3) is 1.83. The molecule has 0 saturated carbocycles. The Bertz CT molecular complexity index is 427. The standard InChI is InChI=1S/C11H13N3O/c1-7(2)10-9(11(15)14-13-10)5-8-3-4-12-6-8/h3-7,12H,1-2H3,(H,14,15). The van der Waals surface area contributed by atoms with Crippen molar-refractivity contribution in [1.82, 2.24) is 10.4 Å². The second-order valence-electron chi connectivity index (χ2n) is 3.80. The van der Waals surface area contributed by atoms with Crippen LogP contribution in [0.1, 0.15) is 19.4 Å². The lowest BCUT2D eigenvalue weighted by molar-refractivity contribution is -0.116. The van der Waals surface area contributed by atoms with E-state index in [0.29, 0.717) is 5.57 Å². The van der Waals surface area contributed by atoms with Crippen molar-refractivity contribution in [3.05, 3.63) is 29.6 Å². The van der Waals surface area contributed by atoms with Gasteiger partial charge in [0.05, 0.1) is 11.3 Å². The van der Waals surface area contributed by atoms with Crippen LogP contribution in [0.5, 0.6) is 0 Å². The maximum absolute atomic E-state index is 11.5. The number of hydrogen-bond acceptors (Lipinski definition) is 2. The first-order chi connectivity index (χ1) is 7.18. The Morgan fingerprint density at radius 3 is 2.87 bits per heavy atom. The molecule has 4 heteroatoms. The van der Waals surface area contributed by atoms with Crippen LogP contribution in [0.2, 0.25) is 0 Å². The number of amides is 1. The molecule has 0 radical (unpaired) electrons. The molecule has 15 heavy (non-hydrogen) atoms. The van der Waals surface area contributed by atoms with Crippen molar-refractivity contribution in [3.63, 3.8) is 0 Å². The smallest absolute Gasteiger partial charge is 0.273 e. The molecular weight excluding hydrogens is 190 g/mol. The maximum Gasteiger partial charge on any atom is 0.273 e. The van der Waals surface area contributed by atoms with Crippen LogP contribution in [0.25, 0.3) is 6.08 Å². The zero-order valence-electron chi connectivity index (χ0n) is 8.74. The van der Waals surface area contributed by atoms with Gasteiger partial charge in [0.2, 0.25) is 0 Å². The lowest BCUT2D eigenvalue weighted by atomic mass is 9.99. The molecule has 1 aliphatic rings. The molecule has 1 amide bonds. The van der Waals surface area contributed by atoms with E-state index in [9.17, 15) is 4.79 Å². The molecule has 0 bridgehead atoms. The van der Waals surface area contributed by atoms with Gasteiger partial charge in [0, 0.05) is 12.4 Å². The molecule has 2 heterocycles. The van der Waals surface area contributed by atoms with Crippen LogP contribution in [-0.2, 0) is 4.79 Å². The first-order valence-corrected chi connectivity index (χ1v) is 4.91. The second kappa shape index (κ2) is 3.73. The second-order valence-corrected chi connectivity index (χ2v) is 3.80. The van der Waals surface area contributed by atoms with Gasteiger partial charge in [0.25, 0.3) is 5.91 Å². The number of carbonyl (C=O) groups is 1. The van der Waals surface area contributed by atoms with Gasteiger partial charge in [-0.2, -0.15) is 5.10 Å². The molecule has 4 nitrogen and oxygen atoms in total. The van der Waals surface area contributed by atoms with Gasteiger partial charge >= 0.3 is 0 Å². The van der Waals surface area contributed by atoms with Crippen LogP contribution in [-0.4, -0.2) is 16.6 Å². The van der Waals surface area contributed by atoms with Crippen molar-refractivity contribution in [1.29, 1.82) is 0 Å². The van der Waals surface area contributed by atoms with Crippen LogP contribution in [0.4, 0.5) is 0 Å². The van der Waals surface area contributed by atoms with Crippen LogP contribution >= 0.6 is 0 Å². The van der Waals surface area contributed by atoms with E-state index in [1.165, 1.54) is 0 Å². The predicted octanol–water partition coefficient (Wildman–Crippen LogP) is 1.54. The summed E-state index contributed by atoms with van der Waals surface area (Å²) in [6.45, 7) is 4.04. The van der Waals surface area contributed by atoms with E-state index in [-0.39, 0.29) is 11.8 Å². The molecule has 2 N–H and O–H groups in total. The van der Waals surface area contributed by atoms with Crippen molar-refractivity contribution in [2.75, 3.05) is 0 Å². The van der Waals surface area contributed by atoms with Gasteiger partial charge in [0.1, 0.15) is 0 Å². The Morgan fingerprint density at radius 1 is 1.47 bits per heavy atom. The van der Waals surface area contributed by atoms with E-state index in [1.807, 2.05) is 38.4 Å². The number of nitrogens with zero attached hydrogens (tertiary/aromatic N) is 1. The summed E-state index contributed by atoms with van der Waals surface area (Å²) < 4.78 is 0. The summed E-state index contributed by atoms with van der Waals surface area (Å²) in [7, 11) is 0. The minimum atomic E-state index is -0.125. The largest absolute Gasteiger partial charge is 0.367 e. The summed E-state index contributed by atoms with van der Waals surface area (Å²) in [4.78, 5) is 14.5. The van der Waals surface area contributed by atoms with E-state index in [4.69, 9.17) is 0 Å². The fourth-order valence-corrected chi connectivity index (χ4v) is 1.52. The molecule has 1 aromatic heterocycles. The number of hydrogen-bond donors (Lipinski definition) is 2. The topological polar surface area (TPSA) is 57.2 Å². The molecule has 1 aromatic rings. The highest BCUT2D eigenvalue weighted by Crippen LogP contribution is 2.16. The van der Waals surface area contributed by atoms with Gasteiger partial charge in [-0.25, -0.2) is 5.43 Å². The lowest BCUT2D eigenvalue weighted by Gasteiger charge is -2.03. The molecule has 0 saturated heterocycles. The quantitative estimate of drug-likeness (QED) is 0.704. The van der Waals surface area contributed by atoms with Gasteiger partial charge in [-0.3, -0.25) is 4.79 Å². The summed E-state index contributed by atoms with van der Waals surface area (Å²) in [6, 6.07) is 1.91. The third-order valence-electron chi connectivity index (χ3n) is 2.28. The monoisotopic (exact) mass is 203 g/mol. The molecule has 0 unspecified atom stereocenters. The maximum atomic E-state index is 11.5. The zero-order chi connectivity index (χ0) is 10.8. The van der Waals surface area contributed by atoms with Gasteiger partial charge in [-0.05, 0) is 23.6 Å². The highest BCUT2D eigenvalue weighted by atomic mass is 16.2. The van der Waals surface area contributed by atoms with Crippen molar-refractivity contribution in [2.45, 2.75) is 13.8 Å². The molecule has 0 aromatic carbocycles. The number of aromatic amines is 1. The predicted molar refractivity (Wildman–Crippen MR) is 59.2 cm³/mol. The highest BCUT2D eigenvalue weighted by Gasteiger charge is 2.24. The summed E-state index contributed by atoms with van der Waals surface area (Å²) in [5, 5.41) is 4.02. The Kier molecular flexibility index (Phi) is 2.41. The summed E-state index contributed by atoms with van der Waals surface area (Å²) in [5.41, 5.74) is 4.94. The first kappa shape index (κ1) is 9.71. The van der Waals surface area contributed by atoms with Crippen molar-refractivity contribution >= 4 is 17.7 Å². The van der Waals surface area contributed by atoms with Gasteiger partial charge < -0.3 is 4.98 Å². The van der Waals surface area contributed by atoms with E-state index in [2.05, 4.69) is 15.5 Å². The number of aromatic nitrogens is 1. The molecule has 2 rings (SSSR count). The van der Waals surface area contributed by atoms with Gasteiger partial charge in [0.15, 0.2) is 0 Å². The van der Waals surface area contributed by atoms with Crippen LogP contribution in [0.3, 0.4) is 0 Å². The average Bonchev–Trinajstić information content (AvgIpc) is 2.78. The Hall–Kier alpha value is -1.84. The minimum Gasteiger partial charge on any atom is -0.367 e. The highest BCUT2D eigenvalue weighted by molar-refractivity contribution is 6.28. The fourth-order valence-electron chi connectivity index (χ4n) is 1.52. The van der Waals surface area contributed by atoms with Crippen LogP contribution in [0.15, 0.2) is 29.1 Å². The zero-order valence-corrected chi connectivity index (χ0v) is 8.74. The van der Waals surface area contributed by atoms with E-state index >= 15 is 0 Å². The lowest BCUT2D eigenvalue weighted by Crippen LogP contribution is -2.15. The number of carbonyl (C=O) groups excluding carboxylic acids is 1. The van der Waals surface area contributed by atoms with Crippen LogP contribution in [0, 0.1) is 5.92 Å². The van der Waals surface area contributed by atoms with E-state index in [1.54, 1.807) is 0 Å². The molecule has 0 atom stereocenters. The Morgan fingerprint density at radius 2 is 2.27 bits per heavy atom. The Labute approximate surface area is 88.1 Å². The summed E-state index contributed by atoms with van der Waals surface area (Å²) in [6.07, 6.45) is 5.51. The normalized spacial score (nSPS) is 18.5. The summed E-state index contributed by atoms with van der Waals surface area (Å²) >= 11 is 0. The number of hydrazone groups is 1. The molecule has 1 aliphatic heterocycles. The number of rotatable bonds is 2. The van der Waals surface area contributed by atoms with Gasteiger partial charge in [-0.15, -0.1) is 0 Å². The Balaban J connectivity index is 2.35. The average molecular weight is 203 g/mol. The molecular formula is C11H13N3O. The molecule has 0 spiro atoms. The molecule has 78 valence electrons. The first-order valence-electron chi connectivity index (χ1n) is 4.91. The number of H-pyrrole nitrogens is 1. The van der Waals surface area contributed by atoms with Crippen molar-refractivity contribution < 1.29 is 4.79 Å². The van der Waals surface area contributed by atoms with Crippen LogP contribution < -0.4 is 5.43 Å². The van der Waals surface area contributed by atoms with Crippen molar-refractivity contribution in [2.24, 2.45) is 11.0 Å². The van der Waals surface area contributed by atoms with Gasteiger partial charge in [-0.1, -0.05) is 13.8 Å². The summed E-state index contributed by atoms with van der Waals surface area (Å²) in [5.74, 6) is 0.119. The molecule has 0 fully saturated rings. The number of nitrogens with one attached hydrogen (secondary N) is 2. The third-order valence-corrected chi connectivity index (χ3v) is 2.28. The van der Waals surface area contributed by atoms with Crippen molar-refractivity contribution in [3.8, 4) is 0 Å². The minimum absolute atomic E-state index is 0.125.